The van der Waals surface area contributed by atoms with Gasteiger partial charge >= 0.3 is 6.18 Å². The third-order valence-corrected chi connectivity index (χ3v) is 5.07. The van der Waals surface area contributed by atoms with Crippen molar-refractivity contribution in [2.24, 2.45) is 0 Å². The lowest BCUT2D eigenvalue weighted by molar-refractivity contribution is -0.137. The first kappa shape index (κ1) is 19.9. The predicted octanol–water partition coefficient (Wildman–Crippen LogP) is 3.70. The molecule has 30 heavy (non-hydrogen) atoms. The largest absolute Gasteiger partial charge is 0.416 e. The van der Waals surface area contributed by atoms with Gasteiger partial charge < -0.3 is 0 Å². The van der Waals surface area contributed by atoms with Crippen LogP contribution in [-0.2, 0) is 32.4 Å². The van der Waals surface area contributed by atoms with E-state index in [1.54, 1.807) is 6.07 Å². The summed E-state index contributed by atoms with van der Waals surface area (Å²) in [5, 5.41) is 9.03. The summed E-state index contributed by atoms with van der Waals surface area (Å²) < 4.78 is 39.5. The van der Waals surface area contributed by atoms with Crippen molar-refractivity contribution < 1.29 is 13.2 Å². The summed E-state index contributed by atoms with van der Waals surface area (Å²) in [6, 6.07) is 14.2. The summed E-state index contributed by atoms with van der Waals surface area (Å²) in [5.74, 6) is 0. The van der Waals surface area contributed by atoms with Crippen molar-refractivity contribution in [1.82, 2.24) is 14.5 Å². The van der Waals surface area contributed by atoms with Gasteiger partial charge in [0.25, 0.3) is 5.56 Å². The van der Waals surface area contributed by atoms with Crippen LogP contribution in [0.5, 0.6) is 0 Å². The molecule has 0 unspecified atom stereocenters. The number of nitriles is 1. The van der Waals surface area contributed by atoms with Gasteiger partial charge in [0.2, 0.25) is 0 Å². The van der Waals surface area contributed by atoms with Crippen molar-refractivity contribution in [3.8, 4) is 6.07 Å². The van der Waals surface area contributed by atoms with E-state index in [4.69, 9.17) is 5.26 Å². The molecule has 0 amide bonds. The fourth-order valence-corrected chi connectivity index (χ4v) is 3.57. The van der Waals surface area contributed by atoms with Crippen molar-refractivity contribution in [3.63, 3.8) is 0 Å². The molecule has 0 bridgehead atoms. The number of alkyl halides is 3. The van der Waals surface area contributed by atoms with Crippen molar-refractivity contribution in [2.75, 3.05) is 0 Å². The van der Waals surface area contributed by atoms with E-state index in [-0.39, 0.29) is 12.1 Å². The summed E-state index contributed by atoms with van der Waals surface area (Å²) in [7, 11) is 0. The zero-order valence-corrected chi connectivity index (χ0v) is 15.9. The Hall–Kier alpha value is -3.44. The standard InChI is InChI=1S/C22H17F3N4O/c23-22(24,25)18-6-4-15(5-7-18)11-29-14-27-20-13-28(12-19(20)21(29)30)10-17-3-1-2-16(8-17)9-26/h1-8,14H,10-13H2. The summed E-state index contributed by atoms with van der Waals surface area (Å²) in [4.78, 5) is 19.3. The lowest BCUT2D eigenvalue weighted by Gasteiger charge is -2.14. The van der Waals surface area contributed by atoms with Gasteiger partial charge in [-0.3, -0.25) is 14.3 Å². The maximum atomic E-state index is 12.9. The van der Waals surface area contributed by atoms with Gasteiger partial charge in [0.15, 0.2) is 0 Å². The molecule has 8 heteroatoms. The van der Waals surface area contributed by atoms with E-state index < -0.39 is 11.7 Å². The van der Waals surface area contributed by atoms with E-state index in [1.165, 1.54) is 23.0 Å². The van der Waals surface area contributed by atoms with E-state index in [0.717, 1.165) is 17.7 Å². The molecule has 4 rings (SSSR count). The zero-order chi connectivity index (χ0) is 21.3. The number of nitrogens with zero attached hydrogens (tertiary/aromatic N) is 4. The number of fused-ring (bicyclic) bond motifs is 1. The molecule has 2 heterocycles. The molecule has 0 N–H and O–H groups in total. The number of halogens is 3. The van der Waals surface area contributed by atoms with Crippen LogP contribution in [0.2, 0.25) is 0 Å². The molecular formula is C22H17F3N4O. The van der Waals surface area contributed by atoms with Crippen molar-refractivity contribution in [1.29, 1.82) is 5.26 Å². The minimum Gasteiger partial charge on any atom is -0.294 e. The second-order valence-corrected chi connectivity index (χ2v) is 7.25. The molecule has 0 saturated carbocycles. The van der Waals surface area contributed by atoms with Gasteiger partial charge in [-0.15, -0.1) is 0 Å². The molecule has 5 nitrogen and oxygen atoms in total. The number of hydrogen-bond acceptors (Lipinski definition) is 4. The van der Waals surface area contributed by atoms with Gasteiger partial charge in [0.1, 0.15) is 0 Å². The quantitative estimate of drug-likeness (QED) is 0.658. The van der Waals surface area contributed by atoms with Gasteiger partial charge in [-0.2, -0.15) is 18.4 Å². The third kappa shape index (κ3) is 4.11. The van der Waals surface area contributed by atoms with Crippen LogP contribution in [0, 0.1) is 11.3 Å². The highest BCUT2D eigenvalue weighted by molar-refractivity contribution is 5.33. The van der Waals surface area contributed by atoms with E-state index in [9.17, 15) is 18.0 Å². The topological polar surface area (TPSA) is 61.9 Å². The SMILES string of the molecule is N#Cc1cccc(CN2Cc3ncn(Cc4ccc(C(F)(F)F)cc4)c(=O)c3C2)c1. The Balaban J connectivity index is 1.49. The van der Waals surface area contributed by atoms with Crippen LogP contribution in [0.25, 0.3) is 0 Å². The van der Waals surface area contributed by atoms with E-state index in [1.807, 2.05) is 18.2 Å². The fourth-order valence-electron chi connectivity index (χ4n) is 3.57. The summed E-state index contributed by atoms with van der Waals surface area (Å²) in [6.07, 6.45) is -2.95. The van der Waals surface area contributed by atoms with E-state index >= 15 is 0 Å². The fraction of sp³-hybridized carbons (Fsp3) is 0.227. The highest BCUT2D eigenvalue weighted by Gasteiger charge is 2.30. The van der Waals surface area contributed by atoms with Gasteiger partial charge in [0.05, 0.1) is 41.3 Å². The summed E-state index contributed by atoms with van der Waals surface area (Å²) in [5.41, 5.74) is 2.55. The zero-order valence-electron chi connectivity index (χ0n) is 15.9. The molecule has 1 aliphatic heterocycles. The van der Waals surface area contributed by atoms with E-state index in [2.05, 4.69) is 16.0 Å². The van der Waals surface area contributed by atoms with Crippen LogP contribution in [0.15, 0.2) is 59.7 Å². The van der Waals surface area contributed by atoms with Crippen molar-refractivity contribution >= 4 is 0 Å². The first-order chi connectivity index (χ1) is 14.3. The second-order valence-electron chi connectivity index (χ2n) is 7.25. The minimum atomic E-state index is -4.39. The lowest BCUT2D eigenvalue weighted by Crippen LogP contribution is -2.25. The predicted molar refractivity (Wildman–Crippen MR) is 103 cm³/mol. The Labute approximate surface area is 170 Å². The maximum Gasteiger partial charge on any atom is 0.416 e. The summed E-state index contributed by atoms with van der Waals surface area (Å²) in [6.45, 7) is 1.71. The Bertz CT molecular complexity index is 1180. The lowest BCUT2D eigenvalue weighted by atomic mass is 10.1. The summed E-state index contributed by atoms with van der Waals surface area (Å²) >= 11 is 0. The van der Waals surface area contributed by atoms with Gasteiger partial charge in [-0.25, -0.2) is 4.98 Å². The normalized spacial score (nSPS) is 13.8. The van der Waals surface area contributed by atoms with Crippen molar-refractivity contribution in [3.05, 3.63) is 98.7 Å². The van der Waals surface area contributed by atoms with Crippen molar-refractivity contribution in [2.45, 2.75) is 32.4 Å². The van der Waals surface area contributed by atoms with Gasteiger partial charge in [-0.05, 0) is 35.4 Å². The molecule has 0 spiro atoms. The Morgan fingerprint density at radius 1 is 1.03 bits per heavy atom. The Kier molecular flexibility index (Phi) is 5.14. The first-order valence-corrected chi connectivity index (χ1v) is 9.28. The minimum absolute atomic E-state index is 0.154. The van der Waals surface area contributed by atoms with Crippen LogP contribution < -0.4 is 5.56 Å². The van der Waals surface area contributed by atoms with Gasteiger partial charge in [-0.1, -0.05) is 24.3 Å². The van der Waals surface area contributed by atoms with Crippen LogP contribution in [0.4, 0.5) is 13.2 Å². The number of rotatable bonds is 4. The van der Waals surface area contributed by atoms with E-state index in [0.29, 0.717) is 42.0 Å². The Morgan fingerprint density at radius 2 is 1.80 bits per heavy atom. The highest BCUT2D eigenvalue weighted by atomic mass is 19.4. The molecule has 0 fully saturated rings. The average Bonchev–Trinajstić information content (AvgIpc) is 3.13. The highest BCUT2D eigenvalue weighted by Crippen LogP contribution is 2.29. The Morgan fingerprint density at radius 3 is 2.50 bits per heavy atom. The molecule has 3 aromatic rings. The van der Waals surface area contributed by atoms with Crippen LogP contribution in [0.1, 0.15) is 33.5 Å². The number of benzene rings is 2. The van der Waals surface area contributed by atoms with Crippen LogP contribution in [-0.4, -0.2) is 14.5 Å². The molecular weight excluding hydrogens is 393 g/mol. The number of hydrogen-bond donors (Lipinski definition) is 0. The monoisotopic (exact) mass is 410 g/mol. The van der Waals surface area contributed by atoms with Gasteiger partial charge in [0, 0.05) is 19.6 Å². The molecule has 0 saturated heterocycles. The molecule has 0 atom stereocenters. The maximum absolute atomic E-state index is 12.9. The number of aromatic nitrogens is 2. The smallest absolute Gasteiger partial charge is 0.294 e. The molecule has 2 aromatic carbocycles. The molecule has 0 radical (unpaired) electrons. The second kappa shape index (κ2) is 7.76. The molecule has 1 aliphatic rings. The molecule has 152 valence electrons. The average molecular weight is 410 g/mol. The molecule has 1 aromatic heterocycles. The third-order valence-electron chi connectivity index (χ3n) is 5.07. The first-order valence-electron chi connectivity index (χ1n) is 9.28. The van der Waals surface area contributed by atoms with Crippen LogP contribution in [0.3, 0.4) is 0 Å². The van der Waals surface area contributed by atoms with Crippen LogP contribution >= 0.6 is 0 Å². The molecule has 0 aliphatic carbocycles.